The summed E-state index contributed by atoms with van der Waals surface area (Å²) in [7, 11) is -1.16. The van der Waals surface area contributed by atoms with E-state index in [1.165, 1.54) is 30.3 Å². The van der Waals surface area contributed by atoms with Crippen LogP contribution in [0.1, 0.15) is 79.1 Å². The number of carbonyl (C=O) groups excluding carboxylic acids is 1. The van der Waals surface area contributed by atoms with Crippen molar-refractivity contribution in [3.63, 3.8) is 0 Å². The number of hydrogen-bond donors (Lipinski definition) is 0. The highest BCUT2D eigenvalue weighted by molar-refractivity contribution is 6.99. The maximum atomic E-state index is 11.2. The Morgan fingerprint density at radius 2 is 1.50 bits per heavy atom. The molecule has 0 spiro atoms. The summed E-state index contributed by atoms with van der Waals surface area (Å²) in [5, 5.41) is 2.60. The van der Waals surface area contributed by atoms with Crippen molar-refractivity contribution in [1.29, 1.82) is 0 Å². The molecule has 4 heteroatoms. The van der Waals surface area contributed by atoms with Gasteiger partial charge in [-0.1, -0.05) is 144 Å². The van der Waals surface area contributed by atoms with Gasteiger partial charge in [-0.05, 0) is 41.1 Å². The van der Waals surface area contributed by atoms with Crippen molar-refractivity contribution >= 4 is 24.7 Å². The van der Waals surface area contributed by atoms with E-state index < -0.39 is 8.32 Å². The minimum Gasteiger partial charge on any atom is -0.469 e. The number of esters is 1. The van der Waals surface area contributed by atoms with Crippen molar-refractivity contribution in [3.8, 4) is 0 Å². The van der Waals surface area contributed by atoms with E-state index in [4.69, 9.17) is 4.43 Å². The van der Waals surface area contributed by atoms with E-state index in [1.807, 2.05) is 0 Å². The largest absolute Gasteiger partial charge is 0.469 e. The maximum Gasteiger partial charge on any atom is 0.305 e. The molecule has 0 aliphatic rings. The first kappa shape index (κ1) is 31.5. The second-order valence-corrected chi connectivity index (χ2v) is 15.1. The molecule has 2 aromatic rings. The van der Waals surface area contributed by atoms with Crippen LogP contribution in [0.4, 0.5) is 0 Å². The third kappa shape index (κ3) is 9.88. The predicted molar refractivity (Wildman–Crippen MR) is 165 cm³/mol. The molecule has 0 fully saturated rings. The number of rotatable bonds is 16. The summed E-state index contributed by atoms with van der Waals surface area (Å²) in [6, 6.07) is 21.8. The molecule has 0 unspecified atom stereocenters. The van der Waals surface area contributed by atoms with E-state index in [2.05, 4.69) is 130 Å². The molecule has 1 atom stereocenters. The lowest BCUT2D eigenvalue weighted by Gasteiger charge is -2.45. The van der Waals surface area contributed by atoms with E-state index in [0.717, 1.165) is 32.1 Å². The molecule has 0 aliphatic heterocycles. The lowest BCUT2D eigenvalue weighted by atomic mass is 10.1. The summed E-state index contributed by atoms with van der Waals surface area (Å²) >= 11 is 0. The monoisotopic (exact) mass is 532 g/mol. The Balaban J connectivity index is 2.22. The topological polar surface area (TPSA) is 35.5 Å². The summed E-state index contributed by atoms with van der Waals surface area (Å²) in [5.41, 5.74) is 0. The van der Waals surface area contributed by atoms with E-state index in [0.29, 0.717) is 6.42 Å². The summed E-state index contributed by atoms with van der Waals surface area (Å²) < 4.78 is 12.1. The number of hydrogen-bond acceptors (Lipinski definition) is 3. The van der Waals surface area contributed by atoms with Gasteiger partial charge in [-0.3, -0.25) is 4.79 Å². The summed E-state index contributed by atoms with van der Waals surface area (Å²) in [6.45, 7) is 9.26. The molecule has 0 radical (unpaired) electrons. The van der Waals surface area contributed by atoms with Gasteiger partial charge in [0.05, 0.1) is 13.2 Å². The van der Waals surface area contributed by atoms with Crippen molar-refractivity contribution in [2.45, 2.75) is 90.2 Å². The summed E-state index contributed by atoms with van der Waals surface area (Å²) in [5.74, 6) is -0.141. The fourth-order valence-corrected chi connectivity index (χ4v) is 9.48. The van der Waals surface area contributed by atoms with Crippen molar-refractivity contribution in [1.82, 2.24) is 0 Å². The highest BCUT2D eigenvalue weighted by Gasteiger charge is 2.51. The Bertz CT molecular complexity index is 964. The van der Waals surface area contributed by atoms with Crippen LogP contribution in [0.5, 0.6) is 0 Å². The molecule has 0 saturated heterocycles. The van der Waals surface area contributed by atoms with Gasteiger partial charge in [0.1, 0.15) is 0 Å². The molecule has 0 aromatic heterocycles. The molecule has 2 rings (SSSR count). The lowest BCUT2D eigenvalue weighted by Crippen LogP contribution is -2.67. The predicted octanol–water partition coefficient (Wildman–Crippen LogP) is 7.91. The fourth-order valence-electron chi connectivity index (χ4n) is 4.81. The molecule has 206 valence electrons. The van der Waals surface area contributed by atoms with Crippen LogP contribution >= 0.6 is 0 Å². The van der Waals surface area contributed by atoms with E-state index in [9.17, 15) is 4.79 Å². The molecule has 38 heavy (non-hydrogen) atoms. The average molecular weight is 533 g/mol. The van der Waals surface area contributed by atoms with Gasteiger partial charge in [0.25, 0.3) is 8.32 Å². The first-order valence-electron chi connectivity index (χ1n) is 14.2. The van der Waals surface area contributed by atoms with Crippen molar-refractivity contribution in [2.75, 3.05) is 7.11 Å². The van der Waals surface area contributed by atoms with Gasteiger partial charge >= 0.3 is 5.97 Å². The van der Waals surface area contributed by atoms with Crippen LogP contribution in [-0.4, -0.2) is 27.5 Å². The van der Waals surface area contributed by atoms with E-state index in [1.54, 1.807) is 0 Å². The summed E-state index contributed by atoms with van der Waals surface area (Å²) in [4.78, 5) is 11.2. The van der Waals surface area contributed by atoms with Crippen LogP contribution in [0.25, 0.3) is 0 Å². The molecule has 0 saturated carbocycles. The Labute approximate surface area is 232 Å². The minimum absolute atomic E-state index is 0.0406. The van der Waals surface area contributed by atoms with Crippen molar-refractivity contribution in [2.24, 2.45) is 0 Å². The van der Waals surface area contributed by atoms with Crippen LogP contribution in [0.3, 0.4) is 0 Å². The molecule has 0 N–H and O–H groups in total. The van der Waals surface area contributed by atoms with Crippen molar-refractivity contribution < 1.29 is 14.0 Å². The smallest absolute Gasteiger partial charge is 0.305 e. The van der Waals surface area contributed by atoms with Gasteiger partial charge in [0.15, 0.2) is 0 Å². The molecule has 0 aliphatic carbocycles. The Kier molecular flexibility index (Phi) is 14.1. The van der Waals surface area contributed by atoms with Crippen LogP contribution in [0.15, 0.2) is 97.1 Å². The second-order valence-electron chi connectivity index (χ2n) is 10.8. The van der Waals surface area contributed by atoms with Crippen LogP contribution in [-0.2, 0) is 14.0 Å². The maximum absolute atomic E-state index is 11.2. The zero-order valence-electron chi connectivity index (χ0n) is 24.2. The first-order valence-corrected chi connectivity index (χ1v) is 16.1. The van der Waals surface area contributed by atoms with E-state index >= 15 is 0 Å². The molecular weight excluding hydrogens is 484 g/mol. The molecule has 0 heterocycles. The average Bonchev–Trinajstić information content (AvgIpc) is 2.92. The fraction of sp³-hybridized carbons (Fsp3) is 0.441. The normalized spacial score (nSPS) is 13.5. The van der Waals surface area contributed by atoms with Gasteiger partial charge in [0, 0.05) is 6.42 Å². The number of benzene rings is 2. The third-order valence-corrected chi connectivity index (χ3v) is 11.9. The Morgan fingerprint density at radius 3 is 2.05 bits per heavy atom. The Hall–Kier alpha value is -2.69. The summed E-state index contributed by atoms with van der Waals surface area (Å²) in [6.07, 6.45) is 20.7. The number of methoxy groups -OCH3 is 1. The van der Waals surface area contributed by atoms with Crippen LogP contribution in [0.2, 0.25) is 5.04 Å². The van der Waals surface area contributed by atoms with Crippen molar-refractivity contribution in [3.05, 3.63) is 97.1 Å². The van der Waals surface area contributed by atoms with Gasteiger partial charge < -0.3 is 9.16 Å². The number of ether oxygens (including phenoxy) is 1. The zero-order valence-corrected chi connectivity index (χ0v) is 25.2. The van der Waals surface area contributed by atoms with Gasteiger partial charge in [-0.2, -0.15) is 0 Å². The van der Waals surface area contributed by atoms with Crippen LogP contribution in [0, 0.1) is 0 Å². The van der Waals surface area contributed by atoms with E-state index in [-0.39, 0.29) is 17.1 Å². The highest BCUT2D eigenvalue weighted by atomic mass is 28.4. The highest BCUT2D eigenvalue weighted by Crippen LogP contribution is 2.38. The van der Waals surface area contributed by atoms with Gasteiger partial charge in [-0.15, -0.1) is 0 Å². The number of carbonyl (C=O) groups is 1. The second kappa shape index (κ2) is 17.0. The zero-order chi connectivity index (χ0) is 27.7. The Morgan fingerprint density at radius 1 is 0.868 bits per heavy atom. The SMILES string of the molecule is CCCCC[C@@H](/C=C/C=C/C/C=C\CCCC(=O)OC)O[Si](c1ccccc1)(c1ccccc1)C(C)(C)C. The molecule has 3 nitrogen and oxygen atoms in total. The molecule has 0 amide bonds. The van der Waals surface area contributed by atoms with Crippen LogP contribution < -0.4 is 10.4 Å². The third-order valence-electron chi connectivity index (χ3n) is 6.83. The first-order chi connectivity index (χ1) is 18.3. The lowest BCUT2D eigenvalue weighted by molar-refractivity contribution is -0.140. The van der Waals surface area contributed by atoms with Gasteiger partial charge in [-0.25, -0.2) is 0 Å². The number of unbranched alkanes of at least 4 members (excludes halogenated alkanes) is 3. The molecule has 2 aromatic carbocycles. The quantitative estimate of drug-likeness (QED) is 0.0724. The molecule has 0 bridgehead atoms. The standard InChI is InChI=1S/C34H48O3Si/c1-6-7-16-23-30(24-17-12-10-8-9-11-13-22-29-33(35)36-5)37-38(34(2,3)4,31-25-18-14-19-26-31)32-27-20-15-21-28-32/h9-12,14-15,17-21,24-28,30H,6-8,13,16,22-23,29H2,1-5H3/b11-9-,12-10+,24-17+/t30-/m0/s1. The van der Waals surface area contributed by atoms with Gasteiger partial charge in [0.2, 0.25) is 0 Å². The molecular formula is C34H48O3Si. The minimum atomic E-state index is -2.60. The number of allylic oxidation sites excluding steroid dienone is 5.